The second-order valence-corrected chi connectivity index (χ2v) is 3.81. The molecule has 0 unspecified atom stereocenters. The summed E-state index contributed by atoms with van der Waals surface area (Å²) < 4.78 is 5.33. The maximum Gasteiger partial charge on any atom is 0.251 e. The number of nitrogens with one attached hydrogen (secondary N) is 1. The van der Waals surface area contributed by atoms with Gasteiger partial charge in [0, 0.05) is 11.6 Å². The van der Waals surface area contributed by atoms with Crippen molar-refractivity contribution in [2.75, 3.05) is 12.3 Å². The van der Waals surface area contributed by atoms with E-state index in [1.54, 1.807) is 18.2 Å². The van der Waals surface area contributed by atoms with Crippen LogP contribution in [0.15, 0.2) is 18.2 Å². The van der Waals surface area contributed by atoms with E-state index in [9.17, 15) is 4.79 Å². The highest BCUT2D eigenvalue weighted by Crippen LogP contribution is 2.22. The van der Waals surface area contributed by atoms with Crippen molar-refractivity contribution in [3.8, 4) is 5.75 Å². The zero-order chi connectivity index (χ0) is 12.1. The Labute approximate surface area is 95.8 Å². The van der Waals surface area contributed by atoms with Crippen LogP contribution in [0.3, 0.4) is 0 Å². The second-order valence-electron chi connectivity index (χ2n) is 3.81. The molecule has 0 saturated carbocycles. The van der Waals surface area contributed by atoms with Crippen LogP contribution in [0.4, 0.5) is 5.69 Å². The van der Waals surface area contributed by atoms with Crippen molar-refractivity contribution in [2.45, 2.75) is 26.8 Å². The third-order valence-corrected chi connectivity index (χ3v) is 2.00. The van der Waals surface area contributed by atoms with Crippen LogP contribution in [0.5, 0.6) is 5.75 Å². The van der Waals surface area contributed by atoms with E-state index in [0.29, 0.717) is 23.6 Å². The molecule has 0 aliphatic heterocycles. The smallest absolute Gasteiger partial charge is 0.251 e. The first-order valence-corrected chi connectivity index (χ1v) is 5.37. The lowest BCUT2D eigenvalue weighted by atomic mass is 10.1. The van der Waals surface area contributed by atoms with Crippen molar-refractivity contribution in [2.24, 2.45) is 0 Å². The maximum atomic E-state index is 11.7. The molecule has 0 aromatic heterocycles. The first-order valence-electron chi connectivity index (χ1n) is 5.37. The van der Waals surface area contributed by atoms with Gasteiger partial charge in [-0.05, 0) is 39.0 Å². The summed E-state index contributed by atoms with van der Waals surface area (Å²) in [6.45, 7) is 6.23. The second kappa shape index (κ2) is 5.39. The molecule has 0 aliphatic rings. The molecule has 0 bridgehead atoms. The van der Waals surface area contributed by atoms with Crippen LogP contribution < -0.4 is 15.8 Å². The number of rotatable bonds is 4. The molecule has 88 valence electrons. The largest absolute Gasteiger partial charge is 0.492 e. The lowest BCUT2D eigenvalue weighted by Crippen LogP contribution is -2.30. The number of anilines is 1. The van der Waals surface area contributed by atoms with Gasteiger partial charge in [0.1, 0.15) is 5.75 Å². The highest BCUT2D eigenvalue weighted by Gasteiger charge is 2.09. The summed E-state index contributed by atoms with van der Waals surface area (Å²) in [7, 11) is 0. The molecule has 4 nitrogen and oxygen atoms in total. The number of nitrogens with two attached hydrogens (primary N) is 1. The quantitative estimate of drug-likeness (QED) is 0.763. The Bertz CT molecular complexity index is 375. The van der Waals surface area contributed by atoms with Gasteiger partial charge >= 0.3 is 0 Å². The summed E-state index contributed by atoms with van der Waals surface area (Å²) in [4.78, 5) is 11.7. The lowest BCUT2D eigenvalue weighted by Gasteiger charge is -2.11. The Hall–Kier alpha value is -1.71. The molecule has 1 aromatic rings. The summed E-state index contributed by atoms with van der Waals surface area (Å²) >= 11 is 0. The van der Waals surface area contributed by atoms with Crippen LogP contribution in [0.1, 0.15) is 31.1 Å². The molecule has 0 spiro atoms. The minimum atomic E-state index is -0.115. The van der Waals surface area contributed by atoms with Crippen molar-refractivity contribution in [1.29, 1.82) is 0 Å². The van der Waals surface area contributed by atoms with Gasteiger partial charge in [0.25, 0.3) is 5.91 Å². The van der Waals surface area contributed by atoms with Gasteiger partial charge in [0.15, 0.2) is 0 Å². The average molecular weight is 222 g/mol. The van der Waals surface area contributed by atoms with Crippen LogP contribution in [-0.4, -0.2) is 18.6 Å². The Morgan fingerprint density at radius 3 is 2.75 bits per heavy atom. The lowest BCUT2D eigenvalue weighted by molar-refractivity contribution is 0.0942. The number of hydrogen-bond donors (Lipinski definition) is 2. The van der Waals surface area contributed by atoms with Gasteiger partial charge in [0.05, 0.1) is 12.3 Å². The van der Waals surface area contributed by atoms with Crippen molar-refractivity contribution >= 4 is 11.6 Å². The fourth-order valence-corrected chi connectivity index (χ4v) is 1.30. The van der Waals surface area contributed by atoms with Crippen molar-refractivity contribution in [3.05, 3.63) is 23.8 Å². The molecule has 0 aliphatic carbocycles. The number of amides is 1. The molecule has 0 saturated heterocycles. The highest BCUT2D eigenvalue weighted by atomic mass is 16.5. The summed E-state index contributed by atoms with van der Waals surface area (Å²) in [5.41, 5.74) is 6.83. The van der Waals surface area contributed by atoms with E-state index in [-0.39, 0.29) is 11.9 Å². The number of nitrogen functional groups attached to an aromatic ring is 1. The molecule has 1 rings (SSSR count). The number of benzene rings is 1. The van der Waals surface area contributed by atoms with Crippen LogP contribution in [0, 0.1) is 0 Å². The fourth-order valence-electron chi connectivity index (χ4n) is 1.30. The molecule has 0 fully saturated rings. The normalized spacial score (nSPS) is 10.2. The molecular formula is C12H18N2O2. The van der Waals surface area contributed by atoms with E-state index in [2.05, 4.69) is 5.32 Å². The van der Waals surface area contributed by atoms with E-state index < -0.39 is 0 Å². The van der Waals surface area contributed by atoms with E-state index in [1.165, 1.54) is 0 Å². The van der Waals surface area contributed by atoms with Gasteiger partial charge in [-0.15, -0.1) is 0 Å². The topological polar surface area (TPSA) is 64.3 Å². The molecule has 0 radical (unpaired) electrons. The highest BCUT2D eigenvalue weighted by molar-refractivity contribution is 5.95. The minimum Gasteiger partial charge on any atom is -0.492 e. The van der Waals surface area contributed by atoms with Crippen molar-refractivity contribution in [3.63, 3.8) is 0 Å². The average Bonchev–Trinajstić information content (AvgIpc) is 2.20. The summed E-state index contributed by atoms with van der Waals surface area (Å²) in [5.74, 6) is 0.440. The van der Waals surface area contributed by atoms with Crippen molar-refractivity contribution < 1.29 is 9.53 Å². The third kappa shape index (κ3) is 3.15. The van der Waals surface area contributed by atoms with Crippen molar-refractivity contribution in [1.82, 2.24) is 5.32 Å². The van der Waals surface area contributed by atoms with Crippen LogP contribution in [0.25, 0.3) is 0 Å². The molecule has 3 N–H and O–H groups in total. The van der Waals surface area contributed by atoms with E-state index in [4.69, 9.17) is 10.5 Å². The molecule has 1 amide bonds. The fraction of sp³-hybridized carbons (Fsp3) is 0.417. The molecule has 4 heteroatoms. The van der Waals surface area contributed by atoms with Gasteiger partial charge in [0.2, 0.25) is 0 Å². The third-order valence-electron chi connectivity index (χ3n) is 2.00. The van der Waals surface area contributed by atoms with E-state index in [0.717, 1.165) is 0 Å². The van der Waals surface area contributed by atoms with Crippen LogP contribution in [-0.2, 0) is 0 Å². The summed E-state index contributed by atoms with van der Waals surface area (Å²) in [5, 5.41) is 2.81. The number of carbonyl (C=O) groups excluding carboxylic acids is 1. The maximum absolute atomic E-state index is 11.7. The molecule has 0 heterocycles. The van der Waals surface area contributed by atoms with Gasteiger partial charge in [-0.25, -0.2) is 0 Å². The van der Waals surface area contributed by atoms with Gasteiger partial charge in [-0.1, -0.05) is 0 Å². The van der Waals surface area contributed by atoms with E-state index >= 15 is 0 Å². The summed E-state index contributed by atoms with van der Waals surface area (Å²) in [6.07, 6.45) is 0. The number of ether oxygens (including phenoxy) is 1. The molecular weight excluding hydrogens is 204 g/mol. The first-order chi connectivity index (χ1) is 7.54. The van der Waals surface area contributed by atoms with Crippen LogP contribution in [0.2, 0.25) is 0 Å². The Morgan fingerprint density at radius 2 is 2.19 bits per heavy atom. The van der Waals surface area contributed by atoms with Gasteiger partial charge in [-0.3, -0.25) is 4.79 Å². The van der Waals surface area contributed by atoms with Gasteiger partial charge in [-0.2, -0.15) is 0 Å². The minimum absolute atomic E-state index is 0.112. The monoisotopic (exact) mass is 222 g/mol. The summed E-state index contributed by atoms with van der Waals surface area (Å²) in [6, 6.07) is 5.15. The predicted molar refractivity (Wildman–Crippen MR) is 64.6 cm³/mol. The predicted octanol–water partition coefficient (Wildman–Crippen LogP) is 1.81. The van der Waals surface area contributed by atoms with Gasteiger partial charge < -0.3 is 15.8 Å². The molecule has 1 aromatic carbocycles. The molecule has 16 heavy (non-hydrogen) atoms. The SMILES string of the molecule is CCOc1cc(C(=O)NC(C)C)ccc1N. The zero-order valence-corrected chi connectivity index (χ0v) is 9.91. The Balaban J connectivity index is 2.89. The Morgan fingerprint density at radius 1 is 1.50 bits per heavy atom. The standard InChI is InChI=1S/C12H18N2O2/c1-4-16-11-7-9(5-6-10(11)13)12(15)14-8(2)3/h5-8H,4,13H2,1-3H3,(H,14,15). The first kappa shape index (κ1) is 12.4. The van der Waals surface area contributed by atoms with E-state index in [1.807, 2.05) is 20.8 Å². The van der Waals surface area contributed by atoms with Crippen LogP contribution >= 0.6 is 0 Å². The molecule has 0 atom stereocenters. The number of carbonyl (C=O) groups is 1. The Kier molecular flexibility index (Phi) is 4.17. The zero-order valence-electron chi connectivity index (χ0n) is 9.91. The number of hydrogen-bond acceptors (Lipinski definition) is 3.